The molecule has 1 aromatic heterocycles. The van der Waals surface area contributed by atoms with Crippen LogP contribution in [-0.2, 0) is 20.6 Å². The molecule has 0 aliphatic carbocycles. The Labute approximate surface area is 227 Å². The number of aromatic nitrogens is 1. The second-order valence-corrected chi connectivity index (χ2v) is 12.9. The average molecular weight is 521 g/mol. The van der Waals surface area contributed by atoms with Crippen molar-refractivity contribution in [3.63, 3.8) is 0 Å². The summed E-state index contributed by atoms with van der Waals surface area (Å²) in [6, 6.07) is 15.2. The summed E-state index contributed by atoms with van der Waals surface area (Å²) in [7, 11) is 0. The van der Waals surface area contributed by atoms with E-state index in [0.29, 0.717) is 5.70 Å². The number of piperazine rings is 1. The van der Waals surface area contributed by atoms with E-state index in [1.165, 1.54) is 4.90 Å². The Morgan fingerprint density at radius 1 is 1.00 bits per heavy atom. The SMILES string of the molecule is C[C@H]1C(C)(C)N2c3ccccc3[C@@]3(O)C[C@H]4C(=O)N5/C=C\C(C)(C)c6[nH]c7ccccc7c6/C=C\5C(=O)N4[C@@]123. The van der Waals surface area contributed by atoms with Crippen molar-refractivity contribution in [1.29, 1.82) is 0 Å². The maximum Gasteiger partial charge on any atom is 0.273 e. The Balaban J connectivity index is 1.38. The number of para-hydroxylation sites is 2. The number of aromatic amines is 1. The van der Waals surface area contributed by atoms with Crippen molar-refractivity contribution in [2.24, 2.45) is 5.92 Å². The minimum Gasteiger partial charge on any atom is -0.380 e. The molecule has 198 valence electrons. The van der Waals surface area contributed by atoms with Crippen molar-refractivity contribution < 1.29 is 14.7 Å². The number of anilines is 1. The third-order valence-electron chi connectivity index (χ3n) is 10.5. The topological polar surface area (TPSA) is 79.9 Å². The van der Waals surface area contributed by atoms with Crippen molar-refractivity contribution in [2.75, 3.05) is 4.90 Å². The van der Waals surface area contributed by atoms with Gasteiger partial charge in [-0.1, -0.05) is 63.2 Å². The van der Waals surface area contributed by atoms with Crippen LogP contribution in [0.3, 0.4) is 0 Å². The molecule has 3 aromatic rings. The van der Waals surface area contributed by atoms with Crippen LogP contribution < -0.4 is 4.90 Å². The molecule has 2 N–H and O–H groups in total. The van der Waals surface area contributed by atoms with E-state index in [1.807, 2.05) is 60.7 Å². The molecule has 5 aliphatic heterocycles. The minimum atomic E-state index is -1.36. The third-order valence-corrected chi connectivity index (χ3v) is 10.5. The van der Waals surface area contributed by atoms with E-state index in [1.54, 1.807) is 11.1 Å². The second-order valence-electron chi connectivity index (χ2n) is 12.9. The molecular weight excluding hydrogens is 488 g/mol. The monoisotopic (exact) mass is 520 g/mol. The molecule has 3 saturated heterocycles. The van der Waals surface area contributed by atoms with Crippen LogP contribution in [0.5, 0.6) is 0 Å². The lowest BCUT2D eigenvalue weighted by Crippen LogP contribution is -2.86. The largest absolute Gasteiger partial charge is 0.380 e. The Bertz CT molecular complexity index is 1710. The quantitative estimate of drug-likeness (QED) is 0.455. The van der Waals surface area contributed by atoms with Gasteiger partial charge in [0.2, 0.25) is 0 Å². The predicted octanol–water partition coefficient (Wildman–Crippen LogP) is 4.59. The summed E-state index contributed by atoms with van der Waals surface area (Å²) >= 11 is 0. The highest BCUT2D eigenvalue weighted by Crippen LogP contribution is 2.72. The molecule has 3 fully saturated rings. The van der Waals surface area contributed by atoms with Gasteiger partial charge in [0.25, 0.3) is 11.8 Å². The van der Waals surface area contributed by atoms with E-state index >= 15 is 0 Å². The number of allylic oxidation sites excluding steroid dienone is 1. The zero-order chi connectivity index (χ0) is 27.3. The first-order chi connectivity index (χ1) is 18.5. The Kier molecular flexibility index (Phi) is 3.94. The summed E-state index contributed by atoms with van der Waals surface area (Å²) in [4.78, 5) is 38.1. The van der Waals surface area contributed by atoms with Gasteiger partial charge in [0.15, 0.2) is 5.66 Å². The van der Waals surface area contributed by atoms with Crippen LogP contribution in [-0.4, -0.2) is 48.9 Å². The van der Waals surface area contributed by atoms with Crippen molar-refractivity contribution >= 4 is 34.5 Å². The molecule has 2 aromatic carbocycles. The third kappa shape index (κ3) is 2.29. The maximum atomic E-state index is 14.7. The number of rotatable bonds is 0. The lowest BCUT2D eigenvalue weighted by molar-refractivity contribution is -0.181. The second kappa shape index (κ2) is 6.65. The Hall–Kier alpha value is -3.84. The fourth-order valence-corrected chi connectivity index (χ4v) is 8.48. The molecule has 8 rings (SSSR count). The summed E-state index contributed by atoms with van der Waals surface area (Å²) in [5.74, 6) is -0.484. The first-order valence-electron chi connectivity index (χ1n) is 13.8. The molecule has 4 atom stereocenters. The van der Waals surface area contributed by atoms with E-state index in [9.17, 15) is 14.7 Å². The number of H-pyrrole nitrogens is 1. The van der Waals surface area contributed by atoms with Gasteiger partial charge in [-0.15, -0.1) is 0 Å². The summed E-state index contributed by atoms with van der Waals surface area (Å²) in [5.41, 5.74) is 1.87. The molecule has 0 bridgehead atoms. The number of hydrogen-bond donors (Lipinski definition) is 2. The fraction of sp³-hybridized carbons (Fsp3) is 0.375. The van der Waals surface area contributed by atoms with Gasteiger partial charge in [0, 0.05) is 62.9 Å². The van der Waals surface area contributed by atoms with Crippen LogP contribution >= 0.6 is 0 Å². The van der Waals surface area contributed by atoms with Gasteiger partial charge in [-0.05, 0) is 32.1 Å². The molecule has 2 amide bonds. The van der Waals surface area contributed by atoms with E-state index in [4.69, 9.17) is 0 Å². The van der Waals surface area contributed by atoms with E-state index in [2.05, 4.69) is 44.5 Å². The number of aliphatic hydroxyl groups is 1. The lowest BCUT2D eigenvalue weighted by Gasteiger charge is -2.70. The highest BCUT2D eigenvalue weighted by Gasteiger charge is 2.84. The van der Waals surface area contributed by atoms with Crippen LogP contribution in [0, 0.1) is 5.92 Å². The summed E-state index contributed by atoms with van der Waals surface area (Å²) in [5, 5.41) is 13.6. The number of nitrogens with zero attached hydrogens (tertiary/aromatic N) is 3. The van der Waals surface area contributed by atoms with Crippen LogP contribution in [0.15, 0.2) is 66.5 Å². The van der Waals surface area contributed by atoms with E-state index in [-0.39, 0.29) is 29.7 Å². The standard InChI is InChI=1S/C32H32N4O3/c1-18-30(4,5)36-23-13-9-7-11-21(23)31(39)17-25-27(37)34-15-14-29(2,3)26-20(19-10-6-8-12-22(19)33-26)16-24(34)28(38)35(25)32(18,31)36/h6-16,18,25,33,39H,17H2,1-5H3/b15-14-,24-16-/t18-,25-,31-,32-/m0/s1. The molecule has 1 spiro atoms. The summed E-state index contributed by atoms with van der Waals surface area (Å²) < 4.78 is 0. The number of benzene rings is 2. The van der Waals surface area contributed by atoms with Crippen LogP contribution in [0.4, 0.5) is 5.69 Å². The van der Waals surface area contributed by atoms with Crippen molar-refractivity contribution in [3.05, 3.63) is 83.3 Å². The highest BCUT2D eigenvalue weighted by atomic mass is 16.3. The molecule has 39 heavy (non-hydrogen) atoms. The van der Waals surface area contributed by atoms with Crippen LogP contribution in [0.1, 0.15) is 57.9 Å². The molecule has 7 nitrogen and oxygen atoms in total. The van der Waals surface area contributed by atoms with Crippen LogP contribution in [0.2, 0.25) is 0 Å². The van der Waals surface area contributed by atoms with E-state index in [0.717, 1.165) is 33.4 Å². The van der Waals surface area contributed by atoms with Gasteiger partial charge in [0.05, 0.1) is 0 Å². The summed E-state index contributed by atoms with van der Waals surface area (Å²) in [6.07, 6.45) is 5.80. The zero-order valence-electron chi connectivity index (χ0n) is 22.8. The van der Waals surface area contributed by atoms with Gasteiger partial charge in [-0.25, -0.2) is 0 Å². The number of carbonyl (C=O) groups is 2. The molecule has 0 unspecified atom stereocenters. The zero-order valence-corrected chi connectivity index (χ0v) is 22.8. The molecule has 7 heteroatoms. The average Bonchev–Trinajstić information content (AvgIpc) is 3.48. The lowest BCUT2D eigenvalue weighted by atomic mass is 9.61. The Morgan fingerprint density at radius 3 is 2.51 bits per heavy atom. The van der Waals surface area contributed by atoms with Crippen LogP contribution in [0.25, 0.3) is 17.0 Å². The number of nitrogens with one attached hydrogen (secondary N) is 1. The molecule has 0 saturated carbocycles. The van der Waals surface area contributed by atoms with Crippen molar-refractivity contribution in [1.82, 2.24) is 14.8 Å². The van der Waals surface area contributed by atoms with Crippen molar-refractivity contribution in [2.45, 2.75) is 69.3 Å². The number of amides is 2. The number of hydrogen-bond acceptors (Lipinski definition) is 4. The van der Waals surface area contributed by atoms with Crippen molar-refractivity contribution in [3.8, 4) is 0 Å². The number of carbonyl (C=O) groups excluding carboxylic acids is 2. The fourth-order valence-electron chi connectivity index (χ4n) is 8.48. The minimum absolute atomic E-state index is 0.0806. The number of fused-ring (bicyclic) bond motifs is 8. The molecule has 0 radical (unpaired) electrons. The Morgan fingerprint density at radius 2 is 1.72 bits per heavy atom. The van der Waals surface area contributed by atoms with Gasteiger partial charge < -0.3 is 15.0 Å². The predicted molar refractivity (Wildman–Crippen MR) is 149 cm³/mol. The smallest absolute Gasteiger partial charge is 0.273 e. The normalized spacial score (nSPS) is 35.0. The van der Waals surface area contributed by atoms with Gasteiger partial charge >= 0.3 is 0 Å². The molecule has 5 aliphatic rings. The molecule has 6 heterocycles. The maximum absolute atomic E-state index is 14.7. The van der Waals surface area contributed by atoms with E-state index < -0.39 is 22.7 Å². The van der Waals surface area contributed by atoms with Gasteiger partial charge in [0.1, 0.15) is 17.3 Å². The van der Waals surface area contributed by atoms with Gasteiger partial charge in [-0.3, -0.25) is 19.4 Å². The first-order valence-corrected chi connectivity index (χ1v) is 13.8. The molecular formula is C32H32N4O3. The highest BCUT2D eigenvalue weighted by molar-refractivity contribution is 6.11. The first kappa shape index (κ1) is 23.1. The van der Waals surface area contributed by atoms with Gasteiger partial charge in [-0.2, -0.15) is 0 Å². The summed E-state index contributed by atoms with van der Waals surface area (Å²) in [6.45, 7) is 10.6.